The molecule has 37 heavy (non-hydrogen) atoms. The molecule has 6 aromatic rings. The van der Waals surface area contributed by atoms with Gasteiger partial charge in [-0.2, -0.15) is 10.2 Å². The van der Waals surface area contributed by atoms with Gasteiger partial charge in [-0.3, -0.25) is 14.6 Å². The summed E-state index contributed by atoms with van der Waals surface area (Å²) in [5, 5.41) is 14.3. The Balaban J connectivity index is 1.32. The molecule has 1 N–H and O–H groups in total. The summed E-state index contributed by atoms with van der Waals surface area (Å²) in [6.07, 6.45) is 4.06. The zero-order valence-corrected chi connectivity index (χ0v) is 21.0. The van der Waals surface area contributed by atoms with Crippen LogP contribution in [0.1, 0.15) is 17.0 Å². The molecular formula is C27H23ClN8O. The lowest BCUT2D eigenvalue weighted by Gasteiger charge is -2.17. The van der Waals surface area contributed by atoms with Crippen LogP contribution in [0.25, 0.3) is 21.9 Å². The summed E-state index contributed by atoms with van der Waals surface area (Å²) in [5.41, 5.74) is 3.72. The van der Waals surface area contributed by atoms with Gasteiger partial charge in [0.2, 0.25) is 0 Å². The van der Waals surface area contributed by atoms with E-state index in [1.165, 1.54) is 0 Å². The molecule has 2 aromatic carbocycles. The van der Waals surface area contributed by atoms with E-state index in [0.29, 0.717) is 35.3 Å². The third-order valence-electron chi connectivity index (χ3n) is 6.40. The van der Waals surface area contributed by atoms with Crippen molar-refractivity contribution in [3.63, 3.8) is 0 Å². The summed E-state index contributed by atoms with van der Waals surface area (Å²) in [6.45, 7) is 0.521. The van der Waals surface area contributed by atoms with Crippen LogP contribution in [0.15, 0.2) is 77.9 Å². The van der Waals surface area contributed by atoms with E-state index in [1.54, 1.807) is 29.1 Å². The minimum absolute atomic E-state index is 0.0209. The van der Waals surface area contributed by atoms with Crippen LogP contribution in [0.2, 0.25) is 5.02 Å². The first kappa shape index (κ1) is 22.9. The number of pyridine rings is 1. The SMILES string of the molecule is CN(c1nc(Cc2ccc(Cn3ccccc3=O)cc2)nc2[nH]ncc12)c1nn(C)c2ccc(Cl)cc12. The highest BCUT2D eigenvalue weighted by Gasteiger charge is 2.20. The molecule has 0 aliphatic heterocycles. The summed E-state index contributed by atoms with van der Waals surface area (Å²) in [5.74, 6) is 2.10. The van der Waals surface area contributed by atoms with E-state index >= 15 is 0 Å². The van der Waals surface area contributed by atoms with E-state index < -0.39 is 0 Å². The van der Waals surface area contributed by atoms with Crippen molar-refractivity contribution in [1.82, 2.24) is 34.5 Å². The summed E-state index contributed by atoms with van der Waals surface area (Å²) < 4.78 is 3.51. The highest BCUT2D eigenvalue weighted by molar-refractivity contribution is 6.31. The molecule has 0 saturated heterocycles. The highest BCUT2D eigenvalue weighted by atomic mass is 35.5. The third-order valence-corrected chi connectivity index (χ3v) is 6.64. The molecule has 184 valence electrons. The molecule has 0 amide bonds. The van der Waals surface area contributed by atoms with Crippen molar-refractivity contribution >= 4 is 45.2 Å². The molecule has 9 nitrogen and oxygen atoms in total. The summed E-state index contributed by atoms with van der Waals surface area (Å²) in [4.78, 5) is 23.6. The smallest absolute Gasteiger partial charge is 0.250 e. The van der Waals surface area contributed by atoms with Crippen molar-refractivity contribution in [2.45, 2.75) is 13.0 Å². The lowest BCUT2D eigenvalue weighted by atomic mass is 10.1. The minimum Gasteiger partial charge on any atom is -0.311 e. The van der Waals surface area contributed by atoms with Crippen LogP contribution in [-0.4, -0.2) is 41.6 Å². The molecule has 0 spiro atoms. The molecule has 10 heteroatoms. The van der Waals surface area contributed by atoms with Crippen molar-refractivity contribution in [3.8, 4) is 0 Å². The highest BCUT2D eigenvalue weighted by Crippen LogP contribution is 2.33. The normalized spacial score (nSPS) is 11.4. The van der Waals surface area contributed by atoms with Gasteiger partial charge in [-0.25, -0.2) is 9.97 Å². The number of aromatic amines is 1. The molecule has 6 rings (SSSR count). The zero-order valence-electron chi connectivity index (χ0n) is 20.3. The number of halogens is 1. The predicted molar refractivity (Wildman–Crippen MR) is 145 cm³/mol. The molecule has 0 aliphatic carbocycles. The van der Waals surface area contributed by atoms with Crippen molar-refractivity contribution in [3.05, 3.63) is 105 Å². The van der Waals surface area contributed by atoms with Crippen molar-refractivity contribution in [2.24, 2.45) is 7.05 Å². The molecule has 0 fully saturated rings. The van der Waals surface area contributed by atoms with Gasteiger partial charge in [0.1, 0.15) is 11.6 Å². The van der Waals surface area contributed by atoms with E-state index in [-0.39, 0.29) is 5.56 Å². The second-order valence-electron chi connectivity index (χ2n) is 8.92. The van der Waals surface area contributed by atoms with Crippen molar-refractivity contribution in [1.29, 1.82) is 0 Å². The Hall–Kier alpha value is -4.50. The Labute approximate surface area is 217 Å². The maximum atomic E-state index is 12.0. The minimum atomic E-state index is -0.0209. The molecule has 0 radical (unpaired) electrons. The van der Waals surface area contributed by atoms with E-state index in [1.807, 2.05) is 72.2 Å². The number of aryl methyl sites for hydroxylation is 1. The average Bonchev–Trinajstić information content (AvgIpc) is 3.50. The molecule has 0 unspecified atom stereocenters. The maximum Gasteiger partial charge on any atom is 0.250 e. The van der Waals surface area contributed by atoms with Crippen LogP contribution >= 0.6 is 11.6 Å². The van der Waals surface area contributed by atoms with E-state index in [9.17, 15) is 4.79 Å². The third kappa shape index (κ3) is 4.34. The van der Waals surface area contributed by atoms with Crippen molar-refractivity contribution < 1.29 is 0 Å². The first-order valence-corrected chi connectivity index (χ1v) is 12.1. The maximum absolute atomic E-state index is 12.0. The van der Waals surface area contributed by atoms with Gasteiger partial charge in [0.05, 0.1) is 23.6 Å². The second-order valence-corrected chi connectivity index (χ2v) is 9.36. The number of rotatable bonds is 6. The topological polar surface area (TPSA) is 97.5 Å². The fourth-order valence-electron chi connectivity index (χ4n) is 4.50. The Morgan fingerprint density at radius 1 is 0.973 bits per heavy atom. The van der Waals surface area contributed by atoms with Crippen LogP contribution < -0.4 is 10.5 Å². The van der Waals surface area contributed by atoms with Crippen LogP contribution in [0.3, 0.4) is 0 Å². The quantitative estimate of drug-likeness (QED) is 0.355. The number of fused-ring (bicyclic) bond motifs is 2. The van der Waals surface area contributed by atoms with Gasteiger partial charge in [-0.1, -0.05) is 41.9 Å². The van der Waals surface area contributed by atoms with Crippen LogP contribution in [0.5, 0.6) is 0 Å². The molecule has 0 saturated carbocycles. The number of nitrogens with zero attached hydrogens (tertiary/aromatic N) is 7. The zero-order chi connectivity index (χ0) is 25.5. The molecule has 0 atom stereocenters. The number of benzene rings is 2. The van der Waals surface area contributed by atoms with Gasteiger partial charge >= 0.3 is 0 Å². The lowest BCUT2D eigenvalue weighted by molar-refractivity contribution is 0.759. The van der Waals surface area contributed by atoms with Gasteiger partial charge in [0, 0.05) is 43.2 Å². The molecule has 0 bridgehead atoms. The second kappa shape index (κ2) is 9.18. The van der Waals surface area contributed by atoms with Gasteiger partial charge in [-0.05, 0) is 35.4 Å². The predicted octanol–water partition coefficient (Wildman–Crippen LogP) is 4.46. The standard InChI is InChI=1S/C27H23ClN8O/c1-34(27-20-14-19(28)10-11-22(20)35(2)33-27)26-21-15-29-32-25(21)30-23(31-26)13-17-6-8-18(9-7-17)16-36-12-4-3-5-24(36)37/h3-12,14-15H,13,16H2,1-2H3,(H,29,30,31,32). The van der Waals surface area contributed by atoms with Crippen LogP contribution in [0.4, 0.5) is 11.6 Å². The summed E-state index contributed by atoms with van der Waals surface area (Å²) in [7, 11) is 3.84. The molecule has 4 aromatic heterocycles. The first-order chi connectivity index (χ1) is 18.0. The Kier molecular flexibility index (Phi) is 5.69. The fourth-order valence-corrected chi connectivity index (χ4v) is 4.67. The van der Waals surface area contributed by atoms with Crippen LogP contribution in [0, 0.1) is 0 Å². The molecular weight excluding hydrogens is 488 g/mol. The van der Waals surface area contributed by atoms with E-state index in [4.69, 9.17) is 26.7 Å². The molecule has 0 aliphatic rings. The Morgan fingerprint density at radius 3 is 2.59 bits per heavy atom. The van der Waals surface area contributed by atoms with E-state index in [0.717, 1.165) is 33.2 Å². The molecule has 4 heterocycles. The Bertz CT molecular complexity index is 1800. The average molecular weight is 511 g/mol. The first-order valence-electron chi connectivity index (χ1n) is 11.8. The largest absolute Gasteiger partial charge is 0.311 e. The van der Waals surface area contributed by atoms with Gasteiger partial charge in [-0.15, -0.1) is 0 Å². The van der Waals surface area contributed by atoms with Crippen LogP contribution in [-0.2, 0) is 20.0 Å². The number of anilines is 2. The number of hydrogen-bond acceptors (Lipinski definition) is 6. The van der Waals surface area contributed by atoms with Crippen molar-refractivity contribution in [2.75, 3.05) is 11.9 Å². The lowest BCUT2D eigenvalue weighted by Crippen LogP contribution is -2.18. The van der Waals surface area contributed by atoms with Gasteiger partial charge in [0.25, 0.3) is 5.56 Å². The van der Waals surface area contributed by atoms with Gasteiger partial charge in [0.15, 0.2) is 11.5 Å². The number of nitrogens with one attached hydrogen (secondary N) is 1. The number of aromatic nitrogens is 7. The van der Waals surface area contributed by atoms with Gasteiger partial charge < -0.3 is 9.47 Å². The number of hydrogen-bond donors (Lipinski definition) is 1. The fraction of sp³-hybridized carbons (Fsp3) is 0.148. The summed E-state index contributed by atoms with van der Waals surface area (Å²) in [6, 6.07) is 19.0. The van der Waals surface area contributed by atoms with E-state index in [2.05, 4.69) is 10.2 Å². The monoisotopic (exact) mass is 510 g/mol. The number of H-pyrrole nitrogens is 1. The summed E-state index contributed by atoms with van der Waals surface area (Å²) >= 11 is 6.29. The Morgan fingerprint density at radius 2 is 1.78 bits per heavy atom.